The molecule has 0 bridgehead atoms. The number of anilines is 2. The Bertz CT molecular complexity index is 1640. The van der Waals surface area contributed by atoms with Crippen molar-refractivity contribution in [3.63, 3.8) is 0 Å². The molecular formula is C34H39N7O3. The quantitative estimate of drug-likeness (QED) is 0.372. The molecule has 3 aromatic rings. The molecule has 10 heteroatoms. The molecule has 2 aromatic carbocycles. The molecule has 1 N–H and O–H groups in total. The van der Waals surface area contributed by atoms with Crippen LogP contribution in [0.3, 0.4) is 0 Å². The van der Waals surface area contributed by atoms with Crippen LogP contribution in [0.25, 0.3) is 10.8 Å². The molecule has 3 heterocycles. The van der Waals surface area contributed by atoms with Crippen molar-refractivity contribution in [1.29, 1.82) is 10.5 Å². The molecule has 0 radical (unpaired) electrons. The van der Waals surface area contributed by atoms with Crippen molar-refractivity contribution in [2.75, 3.05) is 63.3 Å². The average molecular weight is 594 g/mol. The van der Waals surface area contributed by atoms with Gasteiger partial charge in [-0.15, -0.1) is 0 Å². The number of aromatic nitrogens is 1. The Morgan fingerprint density at radius 2 is 1.98 bits per heavy atom. The molecule has 10 nitrogen and oxygen atoms in total. The number of aliphatic hydroxyl groups excluding tert-OH is 1. The zero-order chi connectivity index (χ0) is 31.4. The molecule has 44 heavy (non-hydrogen) atoms. The number of aryl methyl sites for hydroxylation is 1. The van der Waals surface area contributed by atoms with E-state index in [9.17, 15) is 20.4 Å². The second-order valence-corrected chi connectivity index (χ2v) is 11.6. The lowest BCUT2D eigenvalue weighted by Gasteiger charge is -2.43. The van der Waals surface area contributed by atoms with Crippen molar-refractivity contribution >= 4 is 28.1 Å². The summed E-state index contributed by atoms with van der Waals surface area (Å²) in [5.41, 5.74) is 5.27. The topological polar surface area (TPSA) is 120 Å². The molecule has 5 rings (SSSR count). The van der Waals surface area contributed by atoms with Crippen LogP contribution in [0.15, 0.2) is 49.1 Å². The smallest absolute Gasteiger partial charge is 0.246 e. The van der Waals surface area contributed by atoms with Crippen LogP contribution in [0.5, 0.6) is 5.88 Å². The van der Waals surface area contributed by atoms with Crippen molar-refractivity contribution in [3.8, 4) is 18.0 Å². The average Bonchev–Trinajstić information content (AvgIpc) is 3.03. The summed E-state index contributed by atoms with van der Waals surface area (Å²) in [7, 11) is 3.73. The first-order valence-electron chi connectivity index (χ1n) is 14.9. The Labute approximate surface area is 259 Å². The van der Waals surface area contributed by atoms with Gasteiger partial charge < -0.3 is 29.4 Å². The van der Waals surface area contributed by atoms with E-state index in [2.05, 4.69) is 71.8 Å². The fourth-order valence-electron chi connectivity index (χ4n) is 6.35. The van der Waals surface area contributed by atoms with E-state index in [0.29, 0.717) is 38.2 Å². The van der Waals surface area contributed by atoms with Crippen LogP contribution >= 0.6 is 0 Å². The third-order valence-electron chi connectivity index (χ3n) is 8.77. The minimum absolute atomic E-state index is 0.101. The number of carbonyl (C=O) groups is 1. The van der Waals surface area contributed by atoms with Crippen molar-refractivity contribution in [3.05, 3.63) is 71.4 Å². The Hall–Kier alpha value is -4.64. The summed E-state index contributed by atoms with van der Waals surface area (Å²) >= 11 is 0. The summed E-state index contributed by atoms with van der Waals surface area (Å²) in [4.78, 5) is 25.6. The van der Waals surface area contributed by atoms with E-state index in [1.807, 2.05) is 19.0 Å². The number of benzene rings is 2. The van der Waals surface area contributed by atoms with Gasteiger partial charge in [0.15, 0.2) is 0 Å². The van der Waals surface area contributed by atoms with Crippen LogP contribution in [0.2, 0.25) is 0 Å². The Kier molecular flexibility index (Phi) is 9.34. The number of fused-ring (bicyclic) bond motifs is 2. The maximum Gasteiger partial charge on any atom is 0.246 e. The first kappa shape index (κ1) is 30.8. The van der Waals surface area contributed by atoms with Crippen LogP contribution in [-0.4, -0.2) is 91.4 Å². The van der Waals surface area contributed by atoms with Gasteiger partial charge in [-0.3, -0.25) is 4.79 Å². The molecule has 228 valence electrons. The zero-order valence-electron chi connectivity index (χ0n) is 25.7. The number of pyridine rings is 1. The molecule has 2 aliphatic rings. The van der Waals surface area contributed by atoms with Gasteiger partial charge >= 0.3 is 0 Å². The number of nitriles is 2. The normalized spacial score (nSPS) is 17.2. The Balaban J connectivity index is 1.58. The molecule has 1 aromatic heterocycles. The highest BCUT2D eigenvalue weighted by Gasteiger charge is 2.35. The molecule has 2 aliphatic heterocycles. The molecule has 0 saturated carbocycles. The van der Waals surface area contributed by atoms with Crippen LogP contribution in [0, 0.1) is 29.6 Å². The third kappa shape index (κ3) is 5.92. The van der Waals surface area contributed by atoms with Gasteiger partial charge in [-0.25, -0.2) is 4.98 Å². The van der Waals surface area contributed by atoms with E-state index >= 15 is 0 Å². The molecule has 1 fully saturated rings. The summed E-state index contributed by atoms with van der Waals surface area (Å²) in [5.74, 6) is 0.0323. The van der Waals surface area contributed by atoms with E-state index < -0.39 is 0 Å². The predicted molar refractivity (Wildman–Crippen MR) is 171 cm³/mol. The first-order chi connectivity index (χ1) is 21.3. The molecule has 1 amide bonds. The third-order valence-corrected chi connectivity index (χ3v) is 8.77. The number of carbonyl (C=O) groups excluding carboxylic acids is 1. The largest absolute Gasteiger partial charge is 0.475 e. The maximum absolute atomic E-state index is 12.6. The number of amides is 1. The van der Waals surface area contributed by atoms with Gasteiger partial charge in [-0.2, -0.15) is 10.5 Å². The summed E-state index contributed by atoms with van der Waals surface area (Å²) in [6.07, 6.45) is 2.12. The maximum atomic E-state index is 12.6. The monoisotopic (exact) mass is 593 g/mol. The highest BCUT2D eigenvalue weighted by Crippen LogP contribution is 2.40. The van der Waals surface area contributed by atoms with Gasteiger partial charge in [0.05, 0.1) is 49.1 Å². The summed E-state index contributed by atoms with van der Waals surface area (Å²) in [5, 5.41) is 32.3. The van der Waals surface area contributed by atoms with Gasteiger partial charge in [0, 0.05) is 42.8 Å². The second-order valence-electron chi connectivity index (χ2n) is 11.6. The van der Waals surface area contributed by atoms with Gasteiger partial charge in [0.1, 0.15) is 18.2 Å². The predicted octanol–water partition coefficient (Wildman–Crippen LogP) is 3.40. The zero-order valence-corrected chi connectivity index (χ0v) is 25.7. The second kappa shape index (κ2) is 13.3. The summed E-state index contributed by atoms with van der Waals surface area (Å²) in [6.45, 7) is 8.40. The Morgan fingerprint density at radius 3 is 2.66 bits per heavy atom. The number of rotatable bonds is 9. The molecule has 1 saturated heterocycles. The van der Waals surface area contributed by atoms with Gasteiger partial charge in [0.2, 0.25) is 11.8 Å². The molecule has 0 spiro atoms. The number of hydrogen-bond acceptors (Lipinski definition) is 9. The summed E-state index contributed by atoms with van der Waals surface area (Å²) in [6, 6.07) is 16.7. The van der Waals surface area contributed by atoms with Crippen LogP contribution in [0.1, 0.15) is 28.8 Å². The van der Waals surface area contributed by atoms with Crippen molar-refractivity contribution in [2.24, 2.45) is 0 Å². The Morgan fingerprint density at radius 1 is 1.20 bits per heavy atom. The highest BCUT2D eigenvalue weighted by molar-refractivity contribution is 5.97. The minimum Gasteiger partial charge on any atom is -0.475 e. The molecule has 1 unspecified atom stereocenters. The van der Waals surface area contributed by atoms with Crippen molar-refractivity contribution in [1.82, 2.24) is 14.8 Å². The van der Waals surface area contributed by atoms with Crippen molar-refractivity contribution < 1.29 is 14.6 Å². The van der Waals surface area contributed by atoms with Gasteiger partial charge in [-0.1, -0.05) is 36.9 Å². The number of likely N-dealkylation sites (N-methyl/N-ethyl adjacent to an activating group) is 1. The molecular weight excluding hydrogens is 554 g/mol. The van der Waals surface area contributed by atoms with Crippen molar-refractivity contribution in [2.45, 2.75) is 38.4 Å². The number of hydrogen-bond donors (Lipinski definition) is 1. The van der Waals surface area contributed by atoms with E-state index in [0.717, 1.165) is 29.2 Å². The SMILES string of the molecule is C=CC(=O)N1CCN(c2c(C#N)c(OCC(CO)N(C)C)nc3c2CCN(c2cccc4cccc(C)c24)C3)C[C@@H]1CC#N. The van der Waals surface area contributed by atoms with Crippen LogP contribution in [-0.2, 0) is 17.8 Å². The summed E-state index contributed by atoms with van der Waals surface area (Å²) < 4.78 is 6.21. The van der Waals surface area contributed by atoms with Gasteiger partial charge in [0.25, 0.3) is 0 Å². The molecule has 2 atom stereocenters. The lowest BCUT2D eigenvalue weighted by Crippen LogP contribution is -2.55. The lowest BCUT2D eigenvalue weighted by molar-refractivity contribution is -0.128. The van der Waals surface area contributed by atoms with E-state index in [4.69, 9.17) is 9.72 Å². The molecule has 0 aliphatic carbocycles. The standard InChI is InChI=1S/C34H39N7O3/c1-5-31(43)41-17-16-40(19-25(41)12-14-35)33-27-13-15-39(30-11-7-10-24-9-6-8-23(2)32(24)30)20-29(27)37-34(28(33)18-36)44-22-26(21-42)38(3)4/h5-11,25-26,42H,1,12-13,15-17,19-22H2,2-4H3/t25-,26?/m0/s1. The number of nitrogens with zero attached hydrogens (tertiary/aromatic N) is 7. The van der Waals surface area contributed by atoms with Crippen LogP contribution in [0.4, 0.5) is 11.4 Å². The minimum atomic E-state index is -0.342. The fraction of sp³-hybridized carbons (Fsp3) is 0.412. The number of piperazine rings is 1. The lowest BCUT2D eigenvalue weighted by atomic mass is 9.95. The number of ether oxygens (including phenoxy) is 1. The van der Waals surface area contributed by atoms with E-state index in [1.165, 1.54) is 22.4 Å². The van der Waals surface area contributed by atoms with E-state index in [-0.39, 0.29) is 43.5 Å². The number of aliphatic hydroxyl groups is 1. The van der Waals surface area contributed by atoms with Gasteiger partial charge in [-0.05, 0) is 50.5 Å². The fourth-order valence-corrected chi connectivity index (χ4v) is 6.35. The highest BCUT2D eigenvalue weighted by atomic mass is 16.5. The first-order valence-corrected chi connectivity index (χ1v) is 14.9. The van der Waals surface area contributed by atoms with Crippen LogP contribution < -0.4 is 14.5 Å². The van der Waals surface area contributed by atoms with E-state index in [1.54, 1.807) is 4.90 Å².